The fourth-order valence-corrected chi connectivity index (χ4v) is 8.37. The molecule has 0 atom stereocenters. The highest BCUT2D eigenvalue weighted by molar-refractivity contribution is 7.26. The Morgan fingerprint density at radius 3 is 2.07 bits per heavy atom. The third kappa shape index (κ3) is 4.42. The molecule has 0 spiro atoms. The number of benzene rings is 4. The average molecular weight is 589 g/mol. The van der Waals surface area contributed by atoms with Crippen molar-refractivity contribution >= 4 is 31.5 Å². The Balaban J connectivity index is 1.35. The van der Waals surface area contributed by atoms with Crippen LogP contribution in [-0.2, 0) is 10.8 Å². The second kappa shape index (κ2) is 9.90. The van der Waals surface area contributed by atoms with Crippen LogP contribution in [0.1, 0.15) is 45.2 Å². The molecule has 1 aliphatic rings. The lowest BCUT2D eigenvalue weighted by atomic mass is 9.82. The van der Waals surface area contributed by atoms with Crippen LogP contribution in [0.15, 0.2) is 109 Å². The maximum atomic E-state index is 5.18. The van der Waals surface area contributed by atoms with Crippen LogP contribution in [0.2, 0.25) is 0 Å². The van der Waals surface area contributed by atoms with Gasteiger partial charge in [-0.2, -0.15) is 0 Å². The molecule has 0 unspecified atom stereocenters. The van der Waals surface area contributed by atoms with Gasteiger partial charge in [0.2, 0.25) is 0 Å². The van der Waals surface area contributed by atoms with E-state index in [4.69, 9.17) is 15.0 Å². The molecule has 3 heterocycles. The van der Waals surface area contributed by atoms with Crippen molar-refractivity contribution in [3.05, 3.63) is 120 Å². The van der Waals surface area contributed by atoms with Crippen LogP contribution in [0, 0.1) is 0 Å². The second-order valence-electron chi connectivity index (χ2n) is 13.1. The normalized spacial score (nSPS) is 15.1. The summed E-state index contributed by atoms with van der Waals surface area (Å²) in [7, 11) is 0. The molecule has 0 saturated heterocycles. The minimum atomic E-state index is 0.0766. The summed E-state index contributed by atoms with van der Waals surface area (Å²) >= 11 is 1.79. The molecule has 214 valence electrons. The predicted molar refractivity (Wildman–Crippen MR) is 183 cm³/mol. The fourth-order valence-electron chi connectivity index (χ4n) is 7.16. The number of fused-ring (bicyclic) bond motifs is 4. The van der Waals surface area contributed by atoms with Crippen molar-refractivity contribution in [1.82, 2.24) is 19.9 Å². The van der Waals surface area contributed by atoms with Gasteiger partial charge in [0, 0.05) is 48.6 Å². The Labute approximate surface area is 261 Å². The first kappa shape index (κ1) is 26.9. The lowest BCUT2D eigenvalue weighted by Gasteiger charge is -2.22. The maximum absolute atomic E-state index is 5.18. The van der Waals surface area contributed by atoms with Gasteiger partial charge >= 0.3 is 0 Å². The smallest absolute Gasteiger partial charge is 0.165 e. The van der Waals surface area contributed by atoms with Crippen LogP contribution in [0.25, 0.3) is 65.6 Å². The number of thiophene rings is 1. The van der Waals surface area contributed by atoms with Gasteiger partial charge < -0.3 is 0 Å². The van der Waals surface area contributed by atoms with Gasteiger partial charge in [0.15, 0.2) is 17.5 Å². The van der Waals surface area contributed by atoms with Gasteiger partial charge in [0.05, 0.1) is 5.69 Å². The quantitative estimate of drug-likeness (QED) is 0.205. The molecule has 0 fully saturated rings. The van der Waals surface area contributed by atoms with Crippen LogP contribution >= 0.6 is 11.3 Å². The molecule has 5 heteroatoms. The molecule has 0 bridgehead atoms. The molecule has 4 aromatic carbocycles. The van der Waals surface area contributed by atoms with Crippen molar-refractivity contribution in [2.45, 2.75) is 44.9 Å². The third-order valence-electron chi connectivity index (χ3n) is 8.98. The Morgan fingerprint density at radius 2 is 1.25 bits per heavy atom. The van der Waals surface area contributed by atoms with E-state index in [-0.39, 0.29) is 10.8 Å². The van der Waals surface area contributed by atoms with E-state index in [0.717, 1.165) is 34.4 Å². The highest BCUT2D eigenvalue weighted by atomic mass is 32.1. The molecule has 8 rings (SSSR count). The molecule has 7 aromatic rings. The van der Waals surface area contributed by atoms with Crippen molar-refractivity contribution < 1.29 is 0 Å². The number of nitrogens with zero attached hydrogens (tertiary/aromatic N) is 4. The lowest BCUT2D eigenvalue weighted by Crippen LogP contribution is -2.17. The van der Waals surface area contributed by atoms with Gasteiger partial charge in [-0.15, -0.1) is 11.3 Å². The molecule has 0 radical (unpaired) electrons. The molecule has 0 N–H and O–H groups in total. The van der Waals surface area contributed by atoms with Crippen molar-refractivity contribution in [2.75, 3.05) is 0 Å². The Morgan fingerprint density at radius 1 is 0.568 bits per heavy atom. The van der Waals surface area contributed by atoms with Gasteiger partial charge in [-0.05, 0) is 64.8 Å². The number of rotatable bonds is 4. The topological polar surface area (TPSA) is 51.6 Å². The molecule has 1 aliphatic carbocycles. The first-order valence-corrected chi connectivity index (χ1v) is 15.9. The molecule has 4 nitrogen and oxygen atoms in total. The molecular formula is C39H32N4S. The van der Waals surface area contributed by atoms with Gasteiger partial charge in [0.1, 0.15) is 0 Å². The SMILES string of the molecule is CC1(C)CC(C)(C)c2cc(-c3nc(-c4cccc(-c5ccccn5)c4)nc(-c4cccc5c4sc4ccccc45)n3)ccc21. The van der Waals surface area contributed by atoms with E-state index in [9.17, 15) is 0 Å². The van der Waals surface area contributed by atoms with Crippen LogP contribution in [-0.4, -0.2) is 19.9 Å². The monoisotopic (exact) mass is 588 g/mol. The largest absolute Gasteiger partial charge is 0.256 e. The number of aromatic nitrogens is 4. The summed E-state index contributed by atoms with van der Waals surface area (Å²) in [4.78, 5) is 20.0. The predicted octanol–water partition coefficient (Wildman–Crippen LogP) is 10.3. The Hall–Kier alpha value is -4.74. The van der Waals surface area contributed by atoms with E-state index < -0.39 is 0 Å². The maximum Gasteiger partial charge on any atom is 0.165 e. The van der Waals surface area contributed by atoms with E-state index in [1.165, 1.54) is 31.3 Å². The summed E-state index contributed by atoms with van der Waals surface area (Å²) in [6.07, 6.45) is 2.93. The number of pyridine rings is 1. The van der Waals surface area contributed by atoms with Crippen LogP contribution in [0.5, 0.6) is 0 Å². The fraction of sp³-hybridized carbons (Fsp3) is 0.179. The summed E-state index contributed by atoms with van der Waals surface area (Å²) in [5.41, 5.74) is 7.93. The Kier molecular flexibility index (Phi) is 6.04. The summed E-state index contributed by atoms with van der Waals surface area (Å²) in [6, 6.07) is 36.1. The van der Waals surface area contributed by atoms with E-state index in [1.807, 2.05) is 24.4 Å². The highest BCUT2D eigenvalue weighted by Gasteiger charge is 2.41. The van der Waals surface area contributed by atoms with Gasteiger partial charge in [-0.3, -0.25) is 4.98 Å². The number of hydrogen-bond donors (Lipinski definition) is 0. The van der Waals surface area contributed by atoms with Crippen molar-refractivity contribution in [2.24, 2.45) is 0 Å². The van der Waals surface area contributed by atoms with E-state index >= 15 is 0 Å². The molecule has 44 heavy (non-hydrogen) atoms. The van der Waals surface area contributed by atoms with Crippen LogP contribution < -0.4 is 0 Å². The zero-order valence-electron chi connectivity index (χ0n) is 25.3. The molecule has 0 amide bonds. The summed E-state index contributed by atoms with van der Waals surface area (Å²) in [5.74, 6) is 2.03. The molecule has 0 saturated carbocycles. The zero-order valence-corrected chi connectivity index (χ0v) is 26.1. The minimum Gasteiger partial charge on any atom is -0.256 e. The highest BCUT2D eigenvalue weighted by Crippen LogP contribution is 2.50. The molecule has 0 aliphatic heterocycles. The summed E-state index contributed by atoms with van der Waals surface area (Å²) < 4.78 is 2.45. The van der Waals surface area contributed by atoms with Gasteiger partial charge in [-0.25, -0.2) is 15.0 Å². The lowest BCUT2D eigenvalue weighted by molar-refractivity contribution is 0.403. The van der Waals surface area contributed by atoms with Crippen molar-refractivity contribution in [3.8, 4) is 45.4 Å². The van der Waals surface area contributed by atoms with Crippen LogP contribution in [0.4, 0.5) is 0 Å². The Bertz CT molecular complexity index is 2210. The summed E-state index contributed by atoms with van der Waals surface area (Å²) in [5, 5.41) is 2.49. The molecule has 3 aromatic heterocycles. The van der Waals surface area contributed by atoms with Crippen molar-refractivity contribution in [1.29, 1.82) is 0 Å². The average Bonchev–Trinajstić information content (AvgIpc) is 3.51. The van der Waals surface area contributed by atoms with E-state index in [2.05, 4.69) is 118 Å². The first-order valence-electron chi connectivity index (χ1n) is 15.1. The van der Waals surface area contributed by atoms with E-state index in [0.29, 0.717) is 17.5 Å². The second-order valence-corrected chi connectivity index (χ2v) is 14.1. The first-order chi connectivity index (χ1) is 21.3. The van der Waals surface area contributed by atoms with Gasteiger partial charge in [-0.1, -0.05) is 94.4 Å². The molecular weight excluding hydrogens is 557 g/mol. The van der Waals surface area contributed by atoms with E-state index in [1.54, 1.807) is 11.3 Å². The van der Waals surface area contributed by atoms with Crippen LogP contribution in [0.3, 0.4) is 0 Å². The number of hydrogen-bond acceptors (Lipinski definition) is 5. The third-order valence-corrected chi connectivity index (χ3v) is 10.2. The van der Waals surface area contributed by atoms with Gasteiger partial charge in [0.25, 0.3) is 0 Å². The minimum absolute atomic E-state index is 0.0766. The zero-order chi connectivity index (χ0) is 30.1. The van der Waals surface area contributed by atoms with Crippen molar-refractivity contribution in [3.63, 3.8) is 0 Å². The standard InChI is InChI=1S/C39H32N4S/c1-38(2)23-39(3,4)31-22-26(18-19-30(31)38)36-41-35(25-12-9-11-24(21-25)32-16-7-8-20-40-32)42-37(43-36)29-15-10-14-28-27-13-5-6-17-33(27)44-34(28)29/h5-22H,23H2,1-4H3. The summed E-state index contributed by atoms with van der Waals surface area (Å²) in [6.45, 7) is 9.39.